The molecule has 0 aromatic heterocycles. The molecule has 0 spiro atoms. The number of hydrogen-bond donors (Lipinski definition) is 1. The topological polar surface area (TPSA) is 83.5 Å². The molecule has 27 heavy (non-hydrogen) atoms. The smallest absolute Gasteiger partial charge is 0.330 e. The maximum Gasteiger partial charge on any atom is 0.330 e. The molecule has 1 rings (SSSR count). The highest BCUT2D eigenvalue weighted by molar-refractivity contribution is 6.04. The van der Waals surface area contributed by atoms with Crippen molar-refractivity contribution < 1.29 is 19.2 Å². The monoisotopic (exact) mass is 380 g/mol. The number of amides is 3. The zero-order valence-corrected chi connectivity index (χ0v) is 17.4. The SMILES string of the molecule is C=C1C(/C(C)=N/OC(C)C)=CN(COC)C(=O)N1CC(C)NC(=O)C(C)C. The van der Waals surface area contributed by atoms with Gasteiger partial charge in [0.25, 0.3) is 0 Å². The highest BCUT2D eigenvalue weighted by Crippen LogP contribution is 2.24. The van der Waals surface area contributed by atoms with Gasteiger partial charge in [0.15, 0.2) is 0 Å². The van der Waals surface area contributed by atoms with Crippen molar-refractivity contribution >= 4 is 17.6 Å². The summed E-state index contributed by atoms with van der Waals surface area (Å²) in [5.74, 6) is -0.194. The van der Waals surface area contributed by atoms with E-state index in [9.17, 15) is 9.59 Å². The second kappa shape index (κ2) is 10.1. The van der Waals surface area contributed by atoms with Crippen molar-refractivity contribution in [2.45, 2.75) is 53.7 Å². The Balaban J connectivity index is 3.06. The van der Waals surface area contributed by atoms with Crippen molar-refractivity contribution in [3.8, 4) is 0 Å². The molecular weight excluding hydrogens is 348 g/mol. The second-order valence-corrected chi connectivity index (χ2v) is 7.17. The average molecular weight is 380 g/mol. The molecule has 0 bridgehead atoms. The number of urea groups is 1. The summed E-state index contributed by atoms with van der Waals surface area (Å²) in [4.78, 5) is 33.0. The fourth-order valence-electron chi connectivity index (χ4n) is 2.39. The number of carbonyl (C=O) groups is 2. The van der Waals surface area contributed by atoms with Crippen molar-refractivity contribution in [1.82, 2.24) is 15.1 Å². The van der Waals surface area contributed by atoms with Gasteiger partial charge in [0, 0.05) is 43.1 Å². The minimum atomic E-state index is -0.270. The second-order valence-electron chi connectivity index (χ2n) is 7.17. The molecule has 8 heteroatoms. The molecule has 1 N–H and O–H groups in total. The number of ether oxygens (including phenoxy) is 1. The first-order valence-corrected chi connectivity index (χ1v) is 9.07. The van der Waals surface area contributed by atoms with Gasteiger partial charge in [-0.2, -0.15) is 0 Å². The molecule has 0 aromatic rings. The van der Waals surface area contributed by atoms with Crippen LogP contribution in [-0.4, -0.2) is 60.0 Å². The van der Waals surface area contributed by atoms with Crippen LogP contribution in [0.3, 0.4) is 0 Å². The molecule has 8 nitrogen and oxygen atoms in total. The number of rotatable bonds is 9. The molecule has 0 aliphatic carbocycles. The number of nitrogens with zero attached hydrogens (tertiary/aromatic N) is 3. The van der Waals surface area contributed by atoms with Gasteiger partial charge in [0.05, 0.1) is 5.71 Å². The zero-order valence-electron chi connectivity index (χ0n) is 17.4. The van der Waals surface area contributed by atoms with Gasteiger partial charge in [-0.25, -0.2) is 4.79 Å². The minimum Gasteiger partial charge on any atom is -0.393 e. The third-order valence-electron chi connectivity index (χ3n) is 3.83. The molecule has 0 saturated carbocycles. The first kappa shape index (κ1) is 22.7. The van der Waals surface area contributed by atoms with Gasteiger partial charge >= 0.3 is 6.03 Å². The quantitative estimate of drug-likeness (QED) is 0.492. The number of oxime groups is 1. The molecule has 0 saturated heterocycles. The van der Waals surface area contributed by atoms with Gasteiger partial charge < -0.3 is 14.9 Å². The summed E-state index contributed by atoms with van der Waals surface area (Å²) < 4.78 is 5.13. The molecule has 1 heterocycles. The summed E-state index contributed by atoms with van der Waals surface area (Å²) in [6.45, 7) is 15.5. The van der Waals surface area contributed by atoms with Gasteiger partial charge in [0.2, 0.25) is 5.91 Å². The van der Waals surface area contributed by atoms with Gasteiger partial charge in [0.1, 0.15) is 12.8 Å². The molecule has 3 amide bonds. The molecule has 1 atom stereocenters. The Labute approximate surface area is 161 Å². The lowest BCUT2D eigenvalue weighted by Crippen LogP contribution is -2.51. The van der Waals surface area contributed by atoms with E-state index in [1.807, 2.05) is 34.6 Å². The van der Waals surface area contributed by atoms with E-state index in [0.29, 0.717) is 17.0 Å². The Morgan fingerprint density at radius 3 is 2.44 bits per heavy atom. The van der Waals surface area contributed by atoms with Gasteiger partial charge in [-0.05, 0) is 27.7 Å². The number of nitrogens with one attached hydrogen (secondary N) is 1. The van der Waals surface area contributed by atoms with E-state index in [2.05, 4.69) is 17.1 Å². The summed E-state index contributed by atoms with van der Waals surface area (Å²) in [5.41, 5.74) is 1.78. The molecule has 0 aromatic carbocycles. The van der Waals surface area contributed by atoms with E-state index in [1.54, 1.807) is 13.1 Å². The third-order valence-corrected chi connectivity index (χ3v) is 3.83. The van der Waals surface area contributed by atoms with E-state index >= 15 is 0 Å². The third kappa shape index (κ3) is 6.39. The number of carbonyl (C=O) groups excluding carboxylic acids is 2. The molecular formula is C19H32N4O4. The predicted octanol–water partition coefficient (Wildman–Crippen LogP) is 2.69. The van der Waals surface area contributed by atoms with Crippen molar-refractivity contribution in [2.24, 2.45) is 11.1 Å². The van der Waals surface area contributed by atoms with Crippen LogP contribution < -0.4 is 5.32 Å². The fourth-order valence-corrected chi connectivity index (χ4v) is 2.39. The maximum atomic E-state index is 12.8. The van der Waals surface area contributed by atoms with E-state index in [4.69, 9.17) is 9.57 Å². The Morgan fingerprint density at radius 2 is 1.93 bits per heavy atom. The molecule has 1 aliphatic rings. The van der Waals surface area contributed by atoms with Crippen LogP contribution in [-0.2, 0) is 14.4 Å². The van der Waals surface area contributed by atoms with Crippen LogP contribution in [0.2, 0.25) is 0 Å². The Hall–Kier alpha value is -2.35. The van der Waals surface area contributed by atoms with Crippen molar-refractivity contribution in [3.05, 3.63) is 24.0 Å². The summed E-state index contributed by atoms with van der Waals surface area (Å²) >= 11 is 0. The van der Waals surface area contributed by atoms with Crippen molar-refractivity contribution in [1.29, 1.82) is 0 Å². The standard InChI is InChI=1S/C19H32N4O4/c1-12(2)18(24)20-14(5)9-23-16(7)17(15(6)21-27-13(3)4)10-22(11-26-8)19(23)25/h10,12-14H,7,9,11H2,1-6,8H3,(H,20,24)/b21-15+. The van der Waals surface area contributed by atoms with Crippen molar-refractivity contribution in [3.63, 3.8) is 0 Å². The largest absolute Gasteiger partial charge is 0.393 e. The van der Waals surface area contributed by atoms with Gasteiger partial charge in [-0.15, -0.1) is 0 Å². The summed E-state index contributed by atoms with van der Waals surface area (Å²) in [6, 6.07) is -0.512. The highest BCUT2D eigenvalue weighted by atomic mass is 16.6. The highest BCUT2D eigenvalue weighted by Gasteiger charge is 2.32. The first-order chi connectivity index (χ1) is 12.6. The Bertz CT molecular complexity index is 625. The summed E-state index contributed by atoms with van der Waals surface area (Å²) in [6.07, 6.45) is 1.60. The Morgan fingerprint density at radius 1 is 1.30 bits per heavy atom. The molecule has 152 valence electrons. The van der Waals surface area contributed by atoms with Gasteiger partial charge in [-0.3, -0.25) is 14.6 Å². The molecule has 1 unspecified atom stereocenters. The van der Waals surface area contributed by atoms with E-state index in [0.717, 1.165) is 0 Å². The first-order valence-electron chi connectivity index (χ1n) is 9.07. The summed E-state index contributed by atoms with van der Waals surface area (Å²) in [5, 5.41) is 7.02. The van der Waals surface area contributed by atoms with E-state index in [1.165, 1.54) is 16.9 Å². The lowest BCUT2D eigenvalue weighted by atomic mass is 10.1. The van der Waals surface area contributed by atoms with E-state index < -0.39 is 0 Å². The lowest BCUT2D eigenvalue weighted by Gasteiger charge is -2.36. The molecule has 1 aliphatic heterocycles. The fraction of sp³-hybridized carbons (Fsp3) is 0.632. The van der Waals surface area contributed by atoms with E-state index in [-0.39, 0.29) is 43.3 Å². The number of methoxy groups -OCH3 is 1. The van der Waals surface area contributed by atoms with Crippen LogP contribution in [0.1, 0.15) is 41.5 Å². The number of allylic oxidation sites excluding steroid dienone is 1. The van der Waals surface area contributed by atoms with Crippen LogP contribution in [0.5, 0.6) is 0 Å². The Kier molecular flexibility index (Phi) is 8.49. The predicted molar refractivity (Wildman–Crippen MR) is 105 cm³/mol. The minimum absolute atomic E-state index is 0.0588. The maximum absolute atomic E-state index is 12.8. The molecule has 0 radical (unpaired) electrons. The van der Waals surface area contributed by atoms with Crippen LogP contribution in [0.15, 0.2) is 29.2 Å². The van der Waals surface area contributed by atoms with Crippen LogP contribution in [0.4, 0.5) is 4.79 Å². The van der Waals surface area contributed by atoms with Crippen LogP contribution in [0.25, 0.3) is 0 Å². The zero-order chi connectivity index (χ0) is 20.7. The van der Waals surface area contributed by atoms with Crippen LogP contribution >= 0.6 is 0 Å². The van der Waals surface area contributed by atoms with Crippen LogP contribution in [0, 0.1) is 5.92 Å². The average Bonchev–Trinajstić information content (AvgIpc) is 2.58. The normalized spacial score (nSPS) is 16.8. The molecule has 0 fully saturated rings. The van der Waals surface area contributed by atoms with Gasteiger partial charge in [-0.1, -0.05) is 25.6 Å². The summed E-state index contributed by atoms with van der Waals surface area (Å²) in [7, 11) is 1.52. The lowest BCUT2D eigenvalue weighted by molar-refractivity contribution is -0.124. The van der Waals surface area contributed by atoms with Crippen molar-refractivity contribution in [2.75, 3.05) is 20.4 Å². The number of hydrogen-bond acceptors (Lipinski definition) is 5.